The number of fused-ring (bicyclic) bond motifs is 1. The van der Waals surface area contributed by atoms with Crippen molar-refractivity contribution in [1.82, 2.24) is 4.98 Å². The predicted octanol–water partition coefficient (Wildman–Crippen LogP) is 6.12. The van der Waals surface area contributed by atoms with Crippen LogP contribution in [0.5, 0.6) is 0 Å². The van der Waals surface area contributed by atoms with Gasteiger partial charge in [-0.05, 0) is 48.3 Å². The standard InChI is InChI=1S/C23H33N2.Y/c1-12-14(3)24-19(16(12)21(5,6)7)18-20-17(13(2)15(4)25-20)22(8,9)23(18,10)11;/h1-11H3;/q-1;. The molecule has 0 saturated heterocycles. The molecule has 0 fully saturated rings. The summed E-state index contributed by atoms with van der Waals surface area (Å²) in [5.41, 5.74) is 11.6. The van der Waals surface area contributed by atoms with Gasteiger partial charge < -0.3 is 4.98 Å². The van der Waals surface area contributed by atoms with Gasteiger partial charge in [0.05, 0.1) is 5.70 Å². The Labute approximate surface area is 184 Å². The van der Waals surface area contributed by atoms with Gasteiger partial charge in [-0.15, -0.1) is 5.69 Å². The molecule has 0 spiro atoms. The Bertz CT molecular complexity index is 865. The van der Waals surface area contributed by atoms with E-state index in [1.54, 1.807) is 0 Å². The topological polar surface area (TPSA) is 26.5 Å². The van der Waals surface area contributed by atoms with Gasteiger partial charge in [-0.25, -0.2) is 0 Å². The van der Waals surface area contributed by atoms with Crippen LogP contribution in [0.2, 0.25) is 0 Å². The number of nitrogens with zero attached hydrogens (tertiary/aromatic N) is 2. The molecule has 3 rings (SSSR count). The Morgan fingerprint density at radius 2 is 1.35 bits per heavy atom. The van der Waals surface area contributed by atoms with Crippen molar-refractivity contribution in [2.45, 2.75) is 81.6 Å². The van der Waals surface area contributed by atoms with Crippen LogP contribution in [0, 0.1) is 24.7 Å². The zero-order chi connectivity index (χ0) is 19.1. The van der Waals surface area contributed by atoms with Crippen molar-refractivity contribution < 1.29 is 32.7 Å². The van der Waals surface area contributed by atoms with Crippen molar-refractivity contribution in [3.05, 3.63) is 39.4 Å². The molecule has 1 aromatic rings. The van der Waals surface area contributed by atoms with E-state index in [0.717, 1.165) is 11.4 Å². The van der Waals surface area contributed by atoms with E-state index in [1.807, 2.05) is 0 Å². The molecule has 2 aliphatic rings. The van der Waals surface area contributed by atoms with Crippen molar-refractivity contribution in [3.63, 3.8) is 0 Å². The van der Waals surface area contributed by atoms with E-state index in [9.17, 15) is 0 Å². The maximum Gasteiger partial charge on any atom is 0.0699 e. The number of rotatable bonds is 1. The number of hydrogen-bond donors (Lipinski definition) is 0. The molecule has 0 unspecified atom stereocenters. The first-order valence-corrected chi connectivity index (χ1v) is 9.39. The molecule has 1 aromatic heterocycles. The summed E-state index contributed by atoms with van der Waals surface area (Å²) >= 11 is 0. The van der Waals surface area contributed by atoms with Crippen LogP contribution in [-0.4, -0.2) is 5.71 Å². The summed E-state index contributed by atoms with van der Waals surface area (Å²) in [4.78, 5) is 10.1. The monoisotopic (exact) mass is 426 g/mol. The first-order chi connectivity index (χ1) is 11.2. The number of hydrogen-bond acceptors (Lipinski definition) is 1. The van der Waals surface area contributed by atoms with Gasteiger partial charge in [-0.2, -0.15) is 5.69 Å². The molecule has 26 heavy (non-hydrogen) atoms. The Morgan fingerprint density at radius 1 is 0.846 bits per heavy atom. The predicted molar refractivity (Wildman–Crippen MR) is 108 cm³/mol. The number of aliphatic imine (C=N–C) groups is 1. The van der Waals surface area contributed by atoms with Gasteiger partial charge in [0.1, 0.15) is 0 Å². The van der Waals surface area contributed by atoms with E-state index in [-0.39, 0.29) is 49.0 Å². The molecule has 0 bridgehead atoms. The summed E-state index contributed by atoms with van der Waals surface area (Å²) in [6.45, 7) is 25.1. The third-order valence-electron chi connectivity index (χ3n) is 6.90. The van der Waals surface area contributed by atoms with E-state index < -0.39 is 0 Å². The fourth-order valence-electron chi connectivity index (χ4n) is 4.71. The molecule has 3 heteroatoms. The largest absolute Gasteiger partial charge is 0.661 e. The molecule has 2 nitrogen and oxygen atoms in total. The second-order valence-electron chi connectivity index (χ2n) is 9.97. The van der Waals surface area contributed by atoms with Gasteiger partial charge in [0.15, 0.2) is 0 Å². The Kier molecular flexibility index (Phi) is 5.27. The van der Waals surface area contributed by atoms with Gasteiger partial charge in [0.25, 0.3) is 0 Å². The fraction of sp³-hybridized carbons (Fsp3) is 0.609. The molecule has 0 saturated carbocycles. The minimum atomic E-state index is -0.0106. The molecule has 2 heterocycles. The van der Waals surface area contributed by atoms with Crippen LogP contribution in [0.25, 0.3) is 5.57 Å². The molecule has 0 N–H and O–H groups in total. The van der Waals surface area contributed by atoms with Crippen LogP contribution in [0.15, 0.2) is 21.8 Å². The first-order valence-electron chi connectivity index (χ1n) is 9.39. The third kappa shape index (κ3) is 2.70. The Balaban J connectivity index is 0.00000243. The van der Waals surface area contributed by atoms with E-state index in [2.05, 4.69) is 76.2 Å². The van der Waals surface area contributed by atoms with Gasteiger partial charge >= 0.3 is 0 Å². The minimum absolute atomic E-state index is 0. The second-order valence-corrected chi connectivity index (χ2v) is 9.97. The van der Waals surface area contributed by atoms with Gasteiger partial charge in [-0.1, -0.05) is 66.5 Å². The minimum Gasteiger partial charge on any atom is -0.661 e. The molecule has 139 valence electrons. The maximum atomic E-state index is 5.08. The number of allylic oxidation sites excluding steroid dienone is 3. The normalized spacial score (nSPS) is 21.1. The average molecular weight is 426 g/mol. The van der Waals surface area contributed by atoms with Crippen LogP contribution >= 0.6 is 0 Å². The summed E-state index contributed by atoms with van der Waals surface area (Å²) in [7, 11) is 0. The maximum absolute atomic E-state index is 5.08. The average Bonchev–Trinajstić information content (AvgIpc) is 2.92. The summed E-state index contributed by atoms with van der Waals surface area (Å²) in [6.07, 6.45) is 0. The fourth-order valence-corrected chi connectivity index (χ4v) is 4.71. The van der Waals surface area contributed by atoms with E-state index in [4.69, 9.17) is 9.98 Å². The third-order valence-corrected chi connectivity index (χ3v) is 6.90. The van der Waals surface area contributed by atoms with Gasteiger partial charge in [-0.3, -0.25) is 4.99 Å². The van der Waals surface area contributed by atoms with Crippen LogP contribution in [0.3, 0.4) is 0 Å². The van der Waals surface area contributed by atoms with Crippen molar-refractivity contribution in [2.24, 2.45) is 15.8 Å². The Hall–Kier alpha value is -0.466. The van der Waals surface area contributed by atoms with Crippen molar-refractivity contribution in [2.75, 3.05) is 0 Å². The zero-order valence-corrected chi connectivity index (χ0v) is 21.3. The molecule has 1 aliphatic carbocycles. The van der Waals surface area contributed by atoms with E-state index >= 15 is 0 Å². The molecule has 0 amide bonds. The van der Waals surface area contributed by atoms with Gasteiger partial charge in [0, 0.05) is 43.8 Å². The Morgan fingerprint density at radius 3 is 1.85 bits per heavy atom. The summed E-state index contributed by atoms with van der Waals surface area (Å²) in [6, 6.07) is 0. The van der Waals surface area contributed by atoms with E-state index in [0.29, 0.717) is 0 Å². The summed E-state index contributed by atoms with van der Waals surface area (Å²) in [5, 5.41) is 0. The van der Waals surface area contributed by atoms with Crippen LogP contribution in [0.1, 0.15) is 84.8 Å². The zero-order valence-electron chi connectivity index (χ0n) is 18.5. The van der Waals surface area contributed by atoms with Crippen LogP contribution in [-0.2, 0) is 38.1 Å². The number of aromatic nitrogens is 1. The molecule has 0 atom stereocenters. The summed E-state index contributed by atoms with van der Waals surface area (Å²) < 4.78 is 0. The van der Waals surface area contributed by atoms with E-state index in [1.165, 1.54) is 39.2 Å². The SMILES string of the molecule is CC1=NC2=C(c3[n-]c(C)c(C)c3C(C)(C)C)C(C)(C)C(C)(C)C2=C1C.[Y]. The van der Waals surface area contributed by atoms with Crippen molar-refractivity contribution >= 4 is 11.3 Å². The van der Waals surface area contributed by atoms with Crippen molar-refractivity contribution in [3.8, 4) is 0 Å². The molecular weight excluding hydrogens is 393 g/mol. The van der Waals surface area contributed by atoms with Crippen LogP contribution < -0.4 is 4.98 Å². The molecule has 1 radical (unpaired) electrons. The van der Waals surface area contributed by atoms with Crippen molar-refractivity contribution in [1.29, 1.82) is 0 Å². The van der Waals surface area contributed by atoms with Gasteiger partial charge in [0.2, 0.25) is 0 Å². The smallest absolute Gasteiger partial charge is 0.0699 e. The first kappa shape index (κ1) is 21.8. The second kappa shape index (κ2) is 6.28. The molecular formula is C23H33N2Y-. The molecule has 0 aromatic carbocycles. The van der Waals surface area contributed by atoms with Crippen LogP contribution in [0.4, 0.5) is 0 Å². The quantitative estimate of drug-likeness (QED) is 0.531. The summed E-state index contributed by atoms with van der Waals surface area (Å²) in [5.74, 6) is 0. The molecule has 1 aliphatic heterocycles. The number of aryl methyl sites for hydroxylation is 1.